The molecule has 4 aromatic rings. The molecule has 1 N–H and O–H groups in total. The van der Waals surface area contributed by atoms with Crippen LogP contribution >= 0.6 is 15.9 Å². The maximum absolute atomic E-state index is 4.60. The number of anilines is 1. The zero-order valence-electron chi connectivity index (χ0n) is 13.2. The predicted octanol–water partition coefficient (Wildman–Crippen LogP) is 4.16. The Kier molecular flexibility index (Phi) is 3.90. The molecule has 6 heteroatoms. The number of hydrogen-bond donors (Lipinski definition) is 1. The van der Waals surface area contributed by atoms with Crippen LogP contribution in [0.4, 0.5) is 5.82 Å². The Balaban J connectivity index is 1.57. The van der Waals surface area contributed by atoms with Gasteiger partial charge in [0.05, 0.1) is 16.6 Å². The van der Waals surface area contributed by atoms with Crippen molar-refractivity contribution in [3.63, 3.8) is 0 Å². The molecular formula is C18H16BrN5. The first-order valence-corrected chi connectivity index (χ1v) is 8.58. The summed E-state index contributed by atoms with van der Waals surface area (Å²) in [6.07, 6.45) is 1.59. The highest BCUT2D eigenvalue weighted by Crippen LogP contribution is 2.23. The number of hydrogen-bond acceptors (Lipinski definition) is 4. The third-order valence-electron chi connectivity index (χ3n) is 4.07. The molecule has 24 heavy (non-hydrogen) atoms. The zero-order chi connectivity index (χ0) is 16.5. The summed E-state index contributed by atoms with van der Waals surface area (Å²) in [5.41, 5.74) is 3.12. The first-order chi connectivity index (χ1) is 11.7. The van der Waals surface area contributed by atoms with E-state index >= 15 is 0 Å². The highest BCUT2D eigenvalue weighted by molar-refractivity contribution is 9.10. The summed E-state index contributed by atoms with van der Waals surface area (Å²) in [6.45, 7) is 3.63. The Morgan fingerprint density at radius 2 is 1.96 bits per heavy atom. The van der Waals surface area contributed by atoms with E-state index in [2.05, 4.69) is 46.8 Å². The predicted molar refractivity (Wildman–Crippen MR) is 100 cm³/mol. The van der Waals surface area contributed by atoms with E-state index in [1.165, 1.54) is 0 Å². The highest BCUT2D eigenvalue weighted by Gasteiger charge is 2.07. The second kappa shape index (κ2) is 6.20. The lowest BCUT2D eigenvalue weighted by Crippen LogP contribution is -2.12. The van der Waals surface area contributed by atoms with Gasteiger partial charge >= 0.3 is 0 Å². The molecule has 0 aliphatic rings. The van der Waals surface area contributed by atoms with Gasteiger partial charge in [-0.3, -0.25) is 0 Å². The third kappa shape index (κ3) is 2.73. The summed E-state index contributed by atoms with van der Waals surface area (Å²) in [4.78, 5) is 13.3. The van der Waals surface area contributed by atoms with Crippen molar-refractivity contribution >= 4 is 43.7 Å². The van der Waals surface area contributed by atoms with E-state index < -0.39 is 0 Å². The normalized spacial score (nSPS) is 11.2. The average Bonchev–Trinajstić information content (AvgIpc) is 2.91. The molecule has 0 radical (unpaired) electrons. The van der Waals surface area contributed by atoms with Gasteiger partial charge in [-0.05, 0) is 37.3 Å². The maximum Gasteiger partial charge on any atom is 0.137 e. The number of imidazole rings is 1. The van der Waals surface area contributed by atoms with Crippen LogP contribution in [-0.4, -0.2) is 26.1 Å². The van der Waals surface area contributed by atoms with Crippen LogP contribution in [0.3, 0.4) is 0 Å². The Labute approximate surface area is 147 Å². The topological polar surface area (TPSA) is 55.6 Å². The van der Waals surface area contributed by atoms with E-state index in [0.29, 0.717) is 0 Å². The Morgan fingerprint density at radius 3 is 2.88 bits per heavy atom. The molecule has 2 aromatic heterocycles. The molecule has 0 aliphatic heterocycles. The van der Waals surface area contributed by atoms with Crippen LogP contribution in [-0.2, 0) is 6.54 Å². The molecule has 0 aliphatic carbocycles. The molecule has 4 rings (SSSR count). The third-order valence-corrected chi connectivity index (χ3v) is 4.56. The minimum Gasteiger partial charge on any atom is -0.368 e. The second-order valence-corrected chi connectivity index (χ2v) is 6.53. The first kappa shape index (κ1) is 15.1. The summed E-state index contributed by atoms with van der Waals surface area (Å²) in [5, 5.41) is 4.44. The molecule has 2 aromatic carbocycles. The van der Waals surface area contributed by atoms with Crippen molar-refractivity contribution in [2.75, 3.05) is 11.9 Å². The summed E-state index contributed by atoms with van der Waals surface area (Å²) >= 11 is 3.51. The summed E-state index contributed by atoms with van der Waals surface area (Å²) in [7, 11) is 0. The minimum absolute atomic E-state index is 0.764. The number of aryl methyl sites for hydroxylation is 1. The lowest BCUT2D eigenvalue weighted by molar-refractivity contribution is 0.720. The molecule has 0 unspecified atom stereocenters. The van der Waals surface area contributed by atoms with Crippen LogP contribution in [0.2, 0.25) is 0 Å². The summed E-state index contributed by atoms with van der Waals surface area (Å²) < 4.78 is 3.24. The van der Waals surface area contributed by atoms with Crippen LogP contribution < -0.4 is 5.32 Å². The fourth-order valence-electron chi connectivity index (χ4n) is 2.93. The Hall–Kier alpha value is -2.47. The molecule has 0 saturated carbocycles. The van der Waals surface area contributed by atoms with E-state index in [0.717, 1.165) is 51.1 Å². The zero-order valence-corrected chi connectivity index (χ0v) is 14.8. The van der Waals surface area contributed by atoms with Crippen LogP contribution in [0.5, 0.6) is 0 Å². The molecule has 120 valence electrons. The number of fused-ring (bicyclic) bond motifs is 2. The molecule has 0 bridgehead atoms. The van der Waals surface area contributed by atoms with E-state index in [4.69, 9.17) is 0 Å². The van der Waals surface area contributed by atoms with E-state index in [9.17, 15) is 0 Å². The SMILES string of the molecule is Cc1nc2ccccc2n1CCNc1ncnc2ccc(Br)cc12. The number of nitrogens with zero attached hydrogens (tertiary/aromatic N) is 4. The fourth-order valence-corrected chi connectivity index (χ4v) is 3.30. The van der Waals surface area contributed by atoms with Gasteiger partial charge in [0.2, 0.25) is 0 Å². The first-order valence-electron chi connectivity index (χ1n) is 7.78. The van der Waals surface area contributed by atoms with Gasteiger partial charge in [-0.2, -0.15) is 0 Å². The van der Waals surface area contributed by atoms with Crippen LogP contribution in [0.15, 0.2) is 53.3 Å². The van der Waals surface area contributed by atoms with Gasteiger partial charge in [0.15, 0.2) is 0 Å². The van der Waals surface area contributed by atoms with E-state index in [1.807, 2.05) is 43.3 Å². The van der Waals surface area contributed by atoms with Gasteiger partial charge in [0, 0.05) is 22.9 Å². The number of para-hydroxylation sites is 2. The second-order valence-electron chi connectivity index (χ2n) is 5.61. The standard InChI is InChI=1S/C18H16BrN5/c1-12-23-16-4-2-3-5-17(16)24(12)9-8-20-18-14-10-13(19)6-7-15(14)21-11-22-18/h2-7,10-11H,8-9H2,1H3,(H,20,21,22). The molecule has 0 amide bonds. The van der Waals surface area contributed by atoms with Gasteiger partial charge < -0.3 is 9.88 Å². The van der Waals surface area contributed by atoms with Crippen LogP contribution in [0.25, 0.3) is 21.9 Å². The summed E-state index contributed by atoms with van der Waals surface area (Å²) in [5.74, 6) is 1.87. The molecule has 0 atom stereocenters. The molecule has 0 fully saturated rings. The van der Waals surface area contributed by atoms with Gasteiger partial charge in [0.1, 0.15) is 18.0 Å². The number of benzene rings is 2. The highest BCUT2D eigenvalue weighted by atomic mass is 79.9. The lowest BCUT2D eigenvalue weighted by Gasteiger charge is -2.10. The quantitative estimate of drug-likeness (QED) is 0.576. The smallest absolute Gasteiger partial charge is 0.137 e. The Morgan fingerprint density at radius 1 is 1.08 bits per heavy atom. The van der Waals surface area contributed by atoms with Crippen molar-refractivity contribution in [3.05, 3.63) is 59.1 Å². The van der Waals surface area contributed by atoms with Crippen molar-refractivity contribution in [1.29, 1.82) is 0 Å². The molecule has 0 spiro atoms. The number of rotatable bonds is 4. The van der Waals surface area contributed by atoms with Gasteiger partial charge in [0.25, 0.3) is 0 Å². The van der Waals surface area contributed by atoms with Crippen molar-refractivity contribution in [2.45, 2.75) is 13.5 Å². The molecule has 5 nitrogen and oxygen atoms in total. The minimum atomic E-state index is 0.764. The van der Waals surface area contributed by atoms with E-state index in [-0.39, 0.29) is 0 Å². The monoisotopic (exact) mass is 381 g/mol. The van der Waals surface area contributed by atoms with Crippen molar-refractivity contribution in [1.82, 2.24) is 19.5 Å². The van der Waals surface area contributed by atoms with Crippen molar-refractivity contribution in [3.8, 4) is 0 Å². The lowest BCUT2D eigenvalue weighted by atomic mass is 10.2. The van der Waals surface area contributed by atoms with E-state index in [1.54, 1.807) is 6.33 Å². The van der Waals surface area contributed by atoms with Crippen molar-refractivity contribution in [2.24, 2.45) is 0 Å². The number of nitrogens with one attached hydrogen (secondary N) is 1. The van der Waals surface area contributed by atoms with Gasteiger partial charge in [-0.15, -0.1) is 0 Å². The van der Waals surface area contributed by atoms with Gasteiger partial charge in [-0.25, -0.2) is 15.0 Å². The van der Waals surface area contributed by atoms with Gasteiger partial charge in [-0.1, -0.05) is 28.1 Å². The van der Waals surface area contributed by atoms with Crippen molar-refractivity contribution < 1.29 is 0 Å². The van der Waals surface area contributed by atoms with Crippen LogP contribution in [0.1, 0.15) is 5.82 Å². The summed E-state index contributed by atoms with van der Waals surface area (Å²) in [6, 6.07) is 14.2. The largest absolute Gasteiger partial charge is 0.368 e. The fraction of sp³-hybridized carbons (Fsp3) is 0.167. The molecule has 0 saturated heterocycles. The molecular weight excluding hydrogens is 366 g/mol. The average molecular weight is 382 g/mol. The number of aromatic nitrogens is 4. The van der Waals surface area contributed by atoms with Crippen LogP contribution in [0, 0.1) is 6.92 Å². The Bertz CT molecular complexity index is 1020. The maximum atomic E-state index is 4.60. The molecule has 2 heterocycles. The number of halogens is 1.